The molecule has 0 saturated heterocycles. The van der Waals surface area contributed by atoms with Crippen molar-refractivity contribution in [3.8, 4) is 11.1 Å². The van der Waals surface area contributed by atoms with Crippen LogP contribution < -0.4 is 0 Å². The molecule has 0 amide bonds. The Kier molecular flexibility index (Phi) is 21.7. The molecule has 0 aromatic heterocycles. The number of rotatable bonds is 0. The summed E-state index contributed by atoms with van der Waals surface area (Å²) >= 11 is 7.88. The molecule has 0 bridgehead atoms. The predicted molar refractivity (Wildman–Crippen MR) is 237 cm³/mol. The van der Waals surface area contributed by atoms with E-state index in [1.165, 1.54) is 68.7 Å². The first-order valence-electron chi connectivity index (χ1n) is 17.3. The third kappa shape index (κ3) is 15.8. The van der Waals surface area contributed by atoms with Crippen LogP contribution in [-0.2, 0) is 52.3 Å². The summed E-state index contributed by atoms with van der Waals surface area (Å²) in [5.74, 6) is 0. The molecule has 0 radical (unpaired) electrons. The Balaban J connectivity index is 0.000000911. The minimum absolute atomic E-state index is 0. The maximum absolute atomic E-state index is 3.90. The molecule has 0 spiro atoms. The van der Waals surface area contributed by atoms with Gasteiger partial charge in [0.05, 0.1) is 0 Å². The molecule has 52 heavy (non-hydrogen) atoms. The molecule has 0 fully saturated rings. The van der Waals surface area contributed by atoms with Gasteiger partial charge in [0.1, 0.15) is 0 Å². The third-order valence-corrected chi connectivity index (χ3v) is 9.23. The first-order chi connectivity index (χ1) is 23.2. The molecule has 0 heterocycles. The van der Waals surface area contributed by atoms with E-state index in [1.54, 1.807) is 0 Å². The van der Waals surface area contributed by atoms with Gasteiger partial charge in [-0.25, -0.2) is 12.2 Å². The molecule has 4 aromatic rings. The number of hydrogen-bond acceptors (Lipinski definition) is 0. The van der Waals surface area contributed by atoms with Gasteiger partial charge in [-0.05, 0) is 39.4 Å². The van der Waals surface area contributed by atoms with Gasteiger partial charge in [-0.15, -0.1) is 47.9 Å². The topological polar surface area (TPSA) is 0 Å². The van der Waals surface area contributed by atoms with E-state index in [9.17, 15) is 0 Å². The van der Waals surface area contributed by atoms with Crippen molar-refractivity contribution in [1.82, 2.24) is 0 Å². The predicted octanol–water partition coefficient (Wildman–Crippen LogP) is 14.9. The molecular weight excluding hydrogens is 886 g/mol. The van der Waals surface area contributed by atoms with Crippen molar-refractivity contribution < 1.29 is 24.2 Å². The van der Waals surface area contributed by atoms with Gasteiger partial charge in [-0.2, -0.15) is 84.4 Å². The van der Waals surface area contributed by atoms with Crippen LogP contribution in [0.2, 0.25) is 0 Å². The van der Waals surface area contributed by atoms with Crippen molar-refractivity contribution >= 4 is 60.9 Å². The average molecular weight is 945 g/mol. The summed E-state index contributed by atoms with van der Waals surface area (Å²) < 4.78 is 5.55. The number of benzene rings is 4. The zero-order chi connectivity index (χ0) is 37.9. The molecule has 4 aromatic carbocycles. The fraction of sp³-hybridized carbons (Fsp3) is 0.383. The second kappa shape index (κ2) is 22.3. The second-order valence-corrected chi connectivity index (χ2v) is 18.5. The van der Waals surface area contributed by atoms with Crippen LogP contribution in [-0.4, -0.2) is 4.21 Å². The summed E-state index contributed by atoms with van der Waals surface area (Å²) in [6.45, 7) is 28.0. The number of halogens is 4. The van der Waals surface area contributed by atoms with E-state index in [-0.39, 0.29) is 46.5 Å². The van der Waals surface area contributed by atoms with Gasteiger partial charge in [-0.1, -0.05) is 147 Å². The Labute approximate surface area is 362 Å². The molecule has 0 unspecified atom stereocenters. The van der Waals surface area contributed by atoms with Crippen LogP contribution >= 0.6 is 56.7 Å². The molecule has 6 rings (SSSR count). The van der Waals surface area contributed by atoms with E-state index in [0.717, 1.165) is 21.8 Å². The van der Waals surface area contributed by atoms with Crippen molar-refractivity contribution in [2.45, 2.75) is 118 Å². The summed E-state index contributed by atoms with van der Waals surface area (Å²) in [4.78, 5) is 0. The first-order valence-corrected chi connectivity index (χ1v) is 20.6. The fourth-order valence-electron chi connectivity index (χ4n) is 5.70. The van der Waals surface area contributed by atoms with Crippen LogP contribution in [0.5, 0.6) is 0 Å². The van der Waals surface area contributed by atoms with E-state index in [1.807, 2.05) is 60.7 Å². The van der Waals surface area contributed by atoms with Gasteiger partial charge in [0.15, 0.2) is 0 Å². The average Bonchev–Trinajstić information content (AvgIpc) is 3.72. The molecule has 2 aliphatic rings. The van der Waals surface area contributed by atoms with Crippen LogP contribution in [0.15, 0.2) is 93.9 Å². The summed E-state index contributed by atoms with van der Waals surface area (Å²) in [5.41, 5.74) is 11.9. The zero-order valence-electron chi connectivity index (χ0n) is 33.3. The quantitative estimate of drug-likeness (QED) is 0.136. The van der Waals surface area contributed by atoms with Gasteiger partial charge >= 0.3 is 28.4 Å². The second-order valence-electron chi connectivity index (χ2n) is 16.6. The molecule has 0 atom stereocenters. The minimum atomic E-state index is 0. The Morgan fingerprint density at radius 1 is 0.596 bits per heavy atom. The van der Waals surface area contributed by atoms with Crippen molar-refractivity contribution in [2.24, 2.45) is 0 Å². The first kappa shape index (κ1) is 50.7. The summed E-state index contributed by atoms with van der Waals surface area (Å²) in [6, 6.07) is 32.4. The van der Waals surface area contributed by atoms with Crippen LogP contribution in [0.3, 0.4) is 0 Å². The van der Waals surface area contributed by atoms with Gasteiger partial charge < -0.3 is 0 Å². The third-order valence-electron chi connectivity index (χ3n) is 8.17. The zero-order valence-corrected chi connectivity index (χ0v) is 40.5. The van der Waals surface area contributed by atoms with Crippen LogP contribution in [0.25, 0.3) is 11.1 Å². The molecule has 5 heteroatoms. The normalized spacial score (nSPS) is 12.3. The van der Waals surface area contributed by atoms with E-state index in [0.29, 0.717) is 0 Å². The number of fused-ring (bicyclic) bond motifs is 3. The molecule has 0 saturated carbocycles. The summed E-state index contributed by atoms with van der Waals surface area (Å²) in [7, 11) is 0. The van der Waals surface area contributed by atoms with Gasteiger partial charge in [0.2, 0.25) is 0 Å². The van der Waals surface area contributed by atoms with Crippen LogP contribution in [0.1, 0.15) is 123 Å². The van der Waals surface area contributed by atoms with Crippen LogP contribution in [0, 0.1) is 24.3 Å². The van der Waals surface area contributed by atoms with E-state index in [4.69, 9.17) is 0 Å². The molecule has 282 valence electrons. The molecular formula is C47H58Br2Cl2Zr-4. The summed E-state index contributed by atoms with van der Waals surface area (Å²) in [5, 5.41) is 0. The van der Waals surface area contributed by atoms with Gasteiger partial charge in [-0.3, -0.25) is 6.08 Å². The number of allylic oxidation sites excluding steroid dienone is 4. The Bertz CT molecular complexity index is 1590. The maximum atomic E-state index is 3.90. The van der Waals surface area contributed by atoms with Crippen molar-refractivity contribution in [2.75, 3.05) is 0 Å². The van der Waals surface area contributed by atoms with E-state index < -0.39 is 0 Å². The van der Waals surface area contributed by atoms with Crippen molar-refractivity contribution in [3.63, 3.8) is 0 Å². The van der Waals surface area contributed by atoms with Crippen molar-refractivity contribution in [3.05, 3.63) is 152 Å². The Hall–Kier alpha value is -1.35. The standard InChI is InChI=1S/C29H41.2C6H4Br.C5H5.CH2.2ClH.Zr/c1-26(2,3)22-14-18-13-19-15-23(27(4,5)6)25(29(10,11)12)17-21(19)20(18)16-24(22)28(7,8)9;2*7-6-4-2-1-3-5-6;1-2-4-5-3-1;;;;/h14,16-17H,13H2,1-12H3;2*2-5H;1-3H,4H2;1H2;2*1H;/q4*-1;;;;. The van der Waals surface area contributed by atoms with Gasteiger partial charge in [0.25, 0.3) is 0 Å². The van der Waals surface area contributed by atoms with E-state index in [2.05, 4.69) is 168 Å². The van der Waals surface area contributed by atoms with E-state index >= 15 is 0 Å². The van der Waals surface area contributed by atoms with Gasteiger partial charge in [0, 0.05) is 0 Å². The number of hydrogen-bond donors (Lipinski definition) is 0. The monoisotopic (exact) mass is 940 g/mol. The fourth-order valence-corrected chi connectivity index (χ4v) is 6.23. The summed E-state index contributed by atoms with van der Waals surface area (Å²) in [6.07, 6.45) is 11.0. The molecule has 0 N–H and O–H groups in total. The molecule has 0 aliphatic heterocycles. The Morgan fingerprint density at radius 2 is 1.02 bits per heavy atom. The molecule has 2 aliphatic carbocycles. The SMILES string of the molecule is Brc1cc[c-]cc1.Brc1cc[c-]cc1.CC(C)(C)c1[c-]c2c(cc1C(C)(C)C)-c1cc(C(C)(C)C)c(C(C)(C)C)cc1C2.Cl.Cl.[C-]1=CC=CC1.[CH2]=[Zr]. The molecule has 0 nitrogen and oxygen atoms in total. The Morgan fingerprint density at radius 3 is 1.33 bits per heavy atom. The van der Waals surface area contributed by atoms with Crippen LogP contribution in [0.4, 0.5) is 0 Å². The van der Waals surface area contributed by atoms with Crippen molar-refractivity contribution in [1.29, 1.82) is 0 Å².